The summed E-state index contributed by atoms with van der Waals surface area (Å²) >= 11 is 14.4. The van der Waals surface area contributed by atoms with Gasteiger partial charge in [0, 0.05) is 16.4 Å². The van der Waals surface area contributed by atoms with Gasteiger partial charge >= 0.3 is 0 Å². The Hall–Kier alpha value is -0.650. The quantitative estimate of drug-likeness (QED) is 0.812. The number of halogens is 2. The summed E-state index contributed by atoms with van der Waals surface area (Å²) in [5.74, 6) is -0.0844. The lowest BCUT2D eigenvalue weighted by molar-refractivity contribution is 0.0934. The Balaban J connectivity index is 2.10. The van der Waals surface area contributed by atoms with Crippen molar-refractivity contribution >= 4 is 50.6 Å². The number of carbonyl (C=O) groups is 1. The van der Waals surface area contributed by atoms with Gasteiger partial charge in [-0.1, -0.05) is 46.2 Å². The molecule has 1 aliphatic carbocycles. The van der Waals surface area contributed by atoms with Gasteiger partial charge in [0.15, 0.2) is 0 Å². The van der Waals surface area contributed by atoms with Crippen molar-refractivity contribution in [1.82, 2.24) is 5.32 Å². The van der Waals surface area contributed by atoms with E-state index in [1.807, 2.05) is 0 Å². The van der Waals surface area contributed by atoms with Crippen LogP contribution in [0.15, 0.2) is 22.7 Å². The molecule has 0 aromatic heterocycles. The van der Waals surface area contributed by atoms with E-state index in [1.54, 1.807) is 18.2 Å². The number of nitrogens with two attached hydrogens (primary N) is 1. The molecule has 1 saturated carbocycles. The first-order chi connectivity index (χ1) is 8.99. The van der Waals surface area contributed by atoms with E-state index < -0.39 is 0 Å². The summed E-state index contributed by atoms with van der Waals surface area (Å²) in [4.78, 5) is 12.7. The van der Waals surface area contributed by atoms with E-state index >= 15 is 0 Å². The van der Waals surface area contributed by atoms with Crippen LogP contribution in [-0.2, 0) is 0 Å². The fourth-order valence-corrected chi connectivity index (χ4v) is 3.43. The SMILES string of the molecule is NC(=S)C1CCCC1NC(=O)c1ccc(Br)cc1Cl. The van der Waals surface area contributed by atoms with E-state index in [1.165, 1.54) is 0 Å². The van der Waals surface area contributed by atoms with E-state index in [0.717, 1.165) is 23.7 Å². The maximum absolute atomic E-state index is 12.2. The number of amides is 1. The topological polar surface area (TPSA) is 55.1 Å². The molecule has 0 spiro atoms. The van der Waals surface area contributed by atoms with Crippen molar-refractivity contribution in [3.8, 4) is 0 Å². The predicted octanol–water partition coefficient (Wildman–Crippen LogP) is 3.29. The van der Waals surface area contributed by atoms with Crippen molar-refractivity contribution in [2.45, 2.75) is 25.3 Å². The Morgan fingerprint density at radius 1 is 1.47 bits per heavy atom. The van der Waals surface area contributed by atoms with Gasteiger partial charge in [0.1, 0.15) is 0 Å². The molecule has 0 aliphatic heterocycles. The summed E-state index contributed by atoms with van der Waals surface area (Å²) in [5.41, 5.74) is 6.17. The molecule has 1 aromatic carbocycles. The average Bonchev–Trinajstić information content (AvgIpc) is 2.76. The predicted molar refractivity (Wildman–Crippen MR) is 84.5 cm³/mol. The highest BCUT2D eigenvalue weighted by Gasteiger charge is 2.31. The zero-order valence-corrected chi connectivity index (χ0v) is 13.3. The number of benzene rings is 1. The minimum absolute atomic E-state index is 0.0183. The molecule has 2 unspecified atom stereocenters. The standard InChI is InChI=1S/C13H14BrClN2OS/c14-7-4-5-8(10(15)6-7)13(18)17-11-3-1-2-9(11)12(16)19/h4-6,9,11H,1-3H2,(H2,16,19)(H,17,18). The van der Waals surface area contributed by atoms with Crippen molar-refractivity contribution < 1.29 is 4.79 Å². The molecule has 2 rings (SSSR count). The lowest BCUT2D eigenvalue weighted by Crippen LogP contribution is -2.41. The molecule has 0 bridgehead atoms. The van der Waals surface area contributed by atoms with Crippen LogP contribution in [0, 0.1) is 5.92 Å². The van der Waals surface area contributed by atoms with Crippen LogP contribution >= 0.6 is 39.7 Å². The van der Waals surface area contributed by atoms with E-state index in [0.29, 0.717) is 15.6 Å². The molecule has 2 atom stereocenters. The molecular weight excluding hydrogens is 348 g/mol. The molecule has 1 aliphatic rings. The lowest BCUT2D eigenvalue weighted by atomic mass is 10.0. The van der Waals surface area contributed by atoms with E-state index in [2.05, 4.69) is 21.2 Å². The number of carbonyl (C=O) groups excluding carboxylic acids is 1. The van der Waals surface area contributed by atoms with Gasteiger partial charge in [-0.05, 0) is 31.0 Å². The fourth-order valence-electron chi connectivity index (χ4n) is 2.39. The highest BCUT2D eigenvalue weighted by atomic mass is 79.9. The zero-order chi connectivity index (χ0) is 14.0. The first kappa shape index (κ1) is 14.8. The Morgan fingerprint density at radius 3 is 2.84 bits per heavy atom. The van der Waals surface area contributed by atoms with Crippen LogP contribution in [0.4, 0.5) is 0 Å². The summed E-state index contributed by atoms with van der Waals surface area (Å²) in [7, 11) is 0. The third-order valence-electron chi connectivity index (χ3n) is 3.37. The van der Waals surface area contributed by atoms with Crippen LogP contribution in [0.2, 0.25) is 5.02 Å². The smallest absolute Gasteiger partial charge is 0.253 e. The molecule has 0 heterocycles. The molecule has 1 aromatic rings. The van der Waals surface area contributed by atoms with Gasteiger partial charge in [0.2, 0.25) is 0 Å². The number of hydrogen-bond acceptors (Lipinski definition) is 2. The maximum Gasteiger partial charge on any atom is 0.253 e. The Morgan fingerprint density at radius 2 is 2.21 bits per heavy atom. The maximum atomic E-state index is 12.2. The van der Waals surface area contributed by atoms with Gasteiger partial charge < -0.3 is 11.1 Å². The normalized spacial score (nSPS) is 22.2. The van der Waals surface area contributed by atoms with Crippen molar-refractivity contribution in [3.05, 3.63) is 33.3 Å². The molecule has 1 fully saturated rings. The molecular formula is C13H14BrClN2OS. The highest BCUT2D eigenvalue weighted by Crippen LogP contribution is 2.27. The van der Waals surface area contributed by atoms with Crippen LogP contribution in [0.25, 0.3) is 0 Å². The molecule has 102 valence electrons. The van der Waals surface area contributed by atoms with Crippen LogP contribution in [-0.4, -0.2) is 16.9 Å². The van der Waals surface area contributed by atoms with E-state index in [-0.39, 0.29) is 17.9 Å². The third kappa shape index (κ3) is 3.46. The highest BCUT2D eigenvalue weighted by molar-refractivity contribution is 9.10. The monoisotopic (exact) mass is 360 g/mol. The largest absolute Gasteiger partial charge is 0.393 e. The van der Waals surface area contributed by atoms with Crippen molar-refractivity contribution in [2.75, 3.05) is 0 Å². The van der Waals surface area contributed by atoms with Gasteiger partial charge in [-0.15, -0.1) is 0 Å². The first-order valence-electron chi connectivity index (χ1n) is 6.04. The van der Waals surface area contributed by atoms with E-state index in [4.69, 9.17) is 29.6 Å². The van der Waals surface area contributed by atoms with Gasteiger partial charge in [-0.2, -0.15) is 0 Å². The fraction of sp³-hybridized carbons (Fsp3) is 0.385. The molecule has 0 radical (unpaired) electrons. The number of nitrogens with one attached hydrogen (secondary N) is 1. The van der Waals surface area contributed by atoms with Crippen molar-refractivity contribution in [2.24, 2.45) is 11.7 Å². The third-order valence-corrected chi connectivity index (χ3v) is 4.48. The van der Waals surface area contributed by atoms with Crippen LogP contribution in [0.3, 0.4) is 0 Å². The molecule has 3 N–H and O–H groups in total. The summed E-state index contributed by atoms with van der Waals surface area (Å²) in [6, 6.07) is 5.22. The Bertz CT molecular complexity index is 523. The number of rotatable bonds is 3. The first-order valence-corrected chi connectivity index (χ1v) is 7.62. The molecule has 6 heteroatoms. The minimum atomic E-state index is -0.175. The van der Waals surface area contributed by atoms with Gasteiger partial charge in [-0.3, -0.25) is 4.79 Å². The van der Waals surface area contributed by atoms with Crippen LogP contribution in [0.5, 0.6) is 0 Å². The van der Waals surface area contributed by atoms with Gasteiger partial charge in [0.25, 0.3) is 5.91 Å². The summed E-state index contributed by atoms with van der Waals surface area (Å²) < 4.78 is 0.843. The molecule has 19 heavy (non-hydrogen) atoms. The minimum Gasteiger partial charge on any atom is -0.393 e. The summed E-state index contributed by atoms with van der Waals surface area (Å²) in [6.07, 6.45) is 2.87. The zero-order valence-electron chi connectivity index (χ0n) is 10.2. The van der Waals surface area contributed by atoms with Crippen LogP contribution < -0.4 is 11.1 Å². The Kier molecular flexibility index (Phi) is 4.81. The summed E-state index contributed by atoms with van der Waals surface area (Å²) in [6.45, 7) is 0. The van der Waals surface area contributed by atoms with E-state index in [9.17, 15) is 4.79 Å². The number of hydrogen-bond donors (Lipinski definition) is 2. The van der Waals surface area contributed by atoms with Crippen LogP contribution in [0.1, 0.15) is 29.6 Å². The van der Waals surface area contributed by atoms with Gasteiger partial charge in [-0.25, -0.2) is 0 Å². The number of thiocarbonyl (C=S) groups is 1. The Labute approximate surface area is 131 Å². The average molecular weight is 362 g/mol. The molecule has 3 nitrogen and oxygen atoms in total. The second-order valence-electron chi connectivity index (χ2n) is 4.64. The lowest BCUT2D eigenvalue weighted by Gasteiger charge is -2.20. The van der Waals surface area contributed by atoms with Crippen molar-refractivity contribution in [1.29, 1.82) is 0 Å². The molecule has 1 amide bonds. The summed E-state index contributed by atoms with van der Waals surface area (Å²) in [5, 5.41) is 3.41. The second kappa shape index (κ2) is 6.20. The second-order valence-corrected chi connectivity index (χ2v) is 6.44. The van der Waals surface area contributed by atoms with Crippen molar-refractivity contribution in [3.63, 3.8) is 0 Å². The van der Waals surface area contributed by atoms with Gasteiger partial charge in [0.05, 0.1) is 15.6 Å². The molecule has 0 saturated heterocycles.